The third kappa shape index (κ3) is 7.03. The van der Waals surface area contributed by atoms with Crippen LogP contribution in [0.25, 0.3) is 0 Å². The van der Waals surface area contributed by atoms with Gasteiger partial charge in [0.2, 0.25) is 0 Å². The van der Waals surface area contributed by atoms with E-state index in [2.05, 4.69) is 5.32 Å². The van der Waals surface area contributed by atoms with Crippen LogP contribution in [0.4, 0.5) is 13.2 Å². The summed E-state index contributed by atoms with van der Waals surface area (Å²) in [6, 6.07) is 0. The SMILES string of the molecule is FC(F)(F)SCCNCC1CCOCC1. The van der Waals surface area contributed by atoms with E-state index in [-0.39, 0.29) is 17.5 Å². The molecule has 1 aliphatic rings. The second-order valence-corrected chi connectivity index (χ2v) is 4.71. The number of hydrogen-bond acceptors (Lipinski definition) is 3. The van der Waals surface area contributed by atoms with E-state index >= 15 is 0 Å². The van der Waals surface area contributed by atoms with Crippen LogP contribution in [0.2, 0.25) is 0 Å². The van der Waals surface area contributed by atoms with Crippen molar-refractivity contribution in [2.24, 2.45) is 5.92 Å². The Morgan fingerprint density at radius 3 is 2.53 bits per heavy atom. The average molecular weight is 243 g/mol. The minimum atomic E-state index is -4.10. The highest BCUT2D eigenvalue weighted by Gasteiger charge is 2.27. The predicted octanol–water partition coefficient (Wildman–Crippen LogP) is 2.26. The van der Waals surface area contributed by atoms with Crippen LogP contribution < -0.4 is 5.32 Å². The van der Waals surface area contributed by atoms with Crippen molar-refractivity contribution < 1.29 is 17.9 Å². The monoisotopic (exact) mass is 243 g/mol. The Labute approximate surface area is 91.9 Å². The van der Waals surface area contributed by atoms with Crippen LogP contribution in [0.15, 0.2) is 0 Å². The zero-order valence-corrected chi connectivity index (χ0v) is 9.29. The van der Waals surface area contributed by atoms with Gasteiger partial charge in [0.15, 0.2) is 0 Å². The van der Waals surface area contributed by atoms with Crippen molar-refractivity contribution in [3.8, 4) is 0 Å². The number of ether oxygens (including phenoxy) is 1. The Balaban J connectivity index is 1.92. The van der Waals surface area contributed by atoms with E-state index in [0.29, 0.717) is 12.5 Å². The Morgan fingerprint density at radius 1 is 1.27 bits per heavy atom. The molecular formula is C9H16F3NOS. The minimum Gasteiger partial charge on any atom is -0.381 e. The number of alkyl halides is 3. The number of nitrogens with one attached hydrogen (secondary N) is 1. The van der Waals surface area contributed by atoms with Crippen molar-refractivity contribution in [1.82, 2.24) is 5.32 Å². The summed E-state index contributed by atoms with van der Waals surface area (Å²) < 4.78 is 40.5. The number of rotatable bonds is 5. The standard InChI is InChI=1S/C9H16F3NOS/c10-9(11,12)15-6-3-13-7-8-1-4-14-5-2-8/h8,13H,1-7H2. The molecule has 0 bridgehead atoms. The molecule has 6 heteroatoms. The third-order valence-corrected chi connectivity index (χ3v) is 3.05. The molecule has 1 aliphatic heterocycles. The van der Waals surface area contributed by atoms with Crippen molar-refractivity contribution >= 4 is 11.8 Å². The Kier molecular flexibility index (Phi) is 5.78. The zero-order valence-electron chi connectivity index (χ0n) is 8.48. The van der Waals surface area contributed by atoms with Crippen LogP contribution in [0.5, 0.6) is 0 Å². The molecule has 1 saturated heterocycles. The van der Waals surface area contributed by atoms with E-state index in [1.54, 1.807) is 0 Å². The summed E-state index contributed by atoms with van der Waals surface area (Å²) in [6.07, 6.45) is 2.03. The van der Waals surface area contributed by atoms with Crippen LogP contribution in [0.1, 0.15) is 12.8 Å². The van der Waals surface area contributed by atoms with Crippen LogP contribution in [-0.4, -0.2) is 37.6 Å². The van der Waals surface area contributed by atoms with Crippen LogP contribution in [0, 0.1) is 5.92 Å². The first-order valence-corrected chi connectivity index (χ1v) is 6.05. The van der Waals surface area contributed by atoms with Crippen LogP contribution in [-0.2, 0) is 4.74 Å². The van der Waals surface area contributed by atoms with Gasteiger partial charge in [-0.1, -0.05) is 0 Å². The van der Waals surface area contributed by atoms with E-state index < -0.39 is 5.51 Å². The van der Waals surface area contributed by atoms with Crippen molar-refractivity contribution in [2.75, 3.05) is 32.1 Å². The molecule has 15 heavy (non-hydrogen) atoms. The van der Waals surface area contributed by atoms with E-state index in [1.807, 2.05) is 0 Å². The van der Waals surface area contributed by atoms with E-state index in [0.717, 1.165) is 32.6 Å². The predicted molar refractivity (Wildman–Crippen MR) is 54.9 cm³/mol. The smallest absolute Gasteiger partial charge is 0.381 e. The number of halogens is 3. The molecule has 1 rings (SSSR count). The first kappa shape index (κ1) is 13.1. The van der Waals surface area contributed by atoms with Crippen molar-refractivity contribution in [1.29, 1.82) is 0 Å². The van der Waals surface area contributed by atoms with Gasteiger partial charge in [-0.25, -0.2) is 0 Å². The molecule has 0 aromatic rings. The summed E-state index contributed by atoms with van der Waals surface area (Å²) >= 11 is 0.0330. The largest absolute Gasteiger partial charge is 0.441 e. The highest BCUT2D eigenvalue weighted by molar-refractivity contribution is 8.00. The molecule has 0 aliphatic carbocycles. The molecule has 0 amide bonds. The molecule has 0 aromatic carbocycles. The fourth-order valence-electron chi connectivity index (χ4n) is 1.50. The average Bonchev–Trinajstić information content (AvgIpc) is 2.17. The zero-order chi connectivity index (χ0) is 11.1. The van der Waals surface area contributed by atoms with Gasteiger partial charge >= 0.3 is 5.51 Å². The summed E-state index contributed by atoms with van der Waals surface area (Å²) in [7, 11) is 0. The molecule has 0 saturated carbocycles. The summed E-state index contributed by atoms with van der Waals surface area (Å²) in [6.45, 7) is 2.79. The molecule has 0 unspecified atom stereocenters. The topological polar surface area (TPSA) is 21.3 Å². The van der Waals surface area contributed by atoms with Gasteiger partial charge in [-0.3, -0.25) is 0 Å². The fraction of sp³-hybridized carbons (Fsp3) is 1.00. The second-order valence-electron chi connectivity index (χ2n) is 3.55. The van der Waals surface area contributed by atoms with Crippen molar-refractivity contribution in [2.45, 2.75) is 18.3 Å². The maximum absolute atomic E-state index is 11.8. The molecule has 1 N–H and O–H groups in total. The lowest BCUT2D eigenvalue weighted by molar-refractivity contribution is -0.0327. The fourth-order valence-corrected chi connectivity index (χ4v) is 1.97. The molecule has 0 spiro atoms. The summed E-state index contributed by atoms with van der Waals surface area (Å²) in [5, 5.41) is 3.05. The molecular weight excluding hydrogens is 227 g/mol. The number of hydrogen-bond donors (Lipinski definition) is 1. The maximum Gasteiger partial charge on any atom is 0.441 e. The van der Waals surface area contributed by atoms with Gasteiger partial charge in [0.05, 0.1) is 0 Å². The molecule has 2 nitrogen and oxygen atoms in total. The third-order valence-electron chi connectivity index (χ3n) is 2.32. The first-order chi connectivity index (χ1) is 7.08. The molecule has 1 fully saturated rings. The molecule has 0 radical (unpaired) electrons. The molecule has 0 atom stereocenters. The molecule has 0 aromatic heterocycles. The quantitative estimate of drug-likeness (QED) is 0.748. The second kappa shape index (κ2) is 6.60. The van der Waals surface area contributed by atoms with Gasteiger partial charge in [-0.05, 0) is 37.1 Å². The van der Waals surface area contributed by atoms with E-state index in [4.69, 9.17) is 4.74 Å². The minimum absolute atomic E-state index is 0.0330. The van der Waals surface area contributed by atoms with Gasteiger partial charge in [-0.15, -0.1) is 0 Å². The van der Waals surface area contributed by atoms with Gasteiger partial charge in [0.25, 0.3) is 0 Å². The first-order valence-electron chi connectivity index (χ1n) is 5.07. The van der Waals surface area contributed by atoms with E-state index in [1.165, 1.54) is 0 Å². The maximum atomic E-state index is 11.8. The van der Waals surface area contributed by atoms with Crippen LogP contribution in [0.3, 0.4) is 0 Å². The molecule has 1 heterocycles. The normalized spacial score (nSPS) is 19.4. The summed E-state index contributed by atoms with van der Waals surface area (Å²) in [5.74, 6) is 0.654. The van der Waals surface area contributed by atoms with Gasteiger partial charge in [-0.2, -0.15) is 13.2 Å². The Bertz CT molecular complexity index is 171. The van der Waals surface area contributed by atoms with Gasteiger partial charge < -0.3 is 10.1 Å². The van der Waals surface area contributed by atoms with E-state index in [9.17, 15) is 13.2 Å². The van der Waals surface area contributed by atoms with Crippen molar-refractivity contribution in [3.05, 3.63) is 0 Å². The summed E-state index contributed by atoms with van der Waals surface area (Å²) in [5.41, 5.74) is -4.10. The van der Waals surface area contributed by atoms with Crippen molar-refractivity contribution in [3.63, 3.8) is 0 Å². The highest BCUT2D eigenvalue weighted by atomic mass is 32.2. The van der Waals surface area contributed by atoms with Gasteiger partial charge in [0.1, 0.15) is 0 Å². The van der Waals surface area contributed by atoms with Gasteiger partial charge in [0, 0.05) is 25.5 Å². The Hall–Kier alpha value is 0.0600. The van der Waals surface area contributed by atoms with Crippen LogP contribution >= 0.6 is 11.8 Å². The number of thioether (sulfide) groups is 1. The lowest BCUT2D eigenvalue weighted by Crippen LogP contribution is -2.29. The Morgan fingerprint density at radius 2 is 1.93 bits per heavy atom. The summed E-state index contributed by atoms with van der Waals surface area (Å²) in [4.78, 5) is 0. The lowest BCUT2D eigenvalue weighted by atomic mass is 10.0. The highest BCUT2D eigenvalue weighted by Crippen LogP contribution is 2.29. The lowest BCUT2D eigenvalue weighted by Gasteiger charge is -2.22. The molecule has 90 valence electrons.